The van der Waals surface area contributed by atoms with Crippen molar-refractivity contribution in [1.29, 1.82) is 0 Å². The molecule has 0 bridgehead atoms. The first kappa shape index (κ1) is 23.3. The molecule has 27 heavy (non-hydrogen) atoms. The van der Waals surface area contributed by atoms with Crippen LogP contribution in [-0.2, 0) is 9.59 Å². The number of anilines is 1. The average Bonchev–Trinajstić information content (AvgIpc) is 2.65. The molecule has 0 aliphatic rings. The molecule has 0 aromatic heterocycles. The Hall–Kier alpha value is -1.73. The van der Waals surface area contributed by atoms with E-state index in [1.54, 1.807) is 24.1 Å². The molecule has 1 aromatic carbocycles. The number of likely N-dealkylation sites (N-methyl/N-ethyl adjacent to an activating group) is 1. The van der Waals surface area contributed by atoms with Crippen LogP contribution < -0.4 is 10.1 Å². The van der Waals surface area contributed by atoms with E-state index in [2.05, 4.69) is 19.2 Å². The molecule has 1 N–H and O–H groups in total. The number of hydrogen-bond acceptors (Lipinski definition) is 5. The number of nitrogens with zero attached hydrogens (tertiary/aromatic N) is 2. The second-order valence-electron chi connectivity index (χ2n) is 6.49. The number of carbonyl (C=O) groups is 2. The fourth-order valence-corrected chi connectivity index (χ4v) is 3.39. The fourth-order valence-electron chi connectivity index (χ4n) is 2.56. The molecule has 152 valence electrons. The maximum absolute atomic E-state index is 12.7. The van der Waals surface area contributed by atoms with Crippen LogP contribution in [0, 0.1) is 0 Å². The molecular weight excluding hydrogens is 362 g/mol. The summed E-state index contributed by atoms with van der Waals surface area (Å²) < 4.78 is 5.25. The van der Waals surface area contributed by atoms with Crippen LogP contribution in [0.3, 0.4) is 0 Å². The van der Waals surface area contributed by atoms with Crippen molar-refractivity contribution in [2.75, 3.05) is 50.6 Å². The number of amides is 2. The van der Waals surface area contributed by atoms with Crippen LogP contribution in [0.1, 0.15) is 27.2 Å². The number of carbonyl (C=O) groups excluding carboxylic acids is 2. The van der Waals surface area contributed by atoms with Gasteiger partial charge >= 0.3 is 0 Å². The molecule has 1 aromatic rings. The van der Waals surface area contributed by atoms with Crippen molar-refractivity contribution in [3.8, 4) is 5.75 Å². The van der Waals surface area contributed by atoms with E-state index in [4.69, 9.17) is 4.74 Å². The smallest absolute Gasteiger partial charge is 0.244 e. The van der Waals surface area contributed by atoms with Gasteiger partial charge in [0.15, 0.2) is 0 Å². The lowest BCUT2D eigenvalue weighted by molar-refractivity contribution is -0.135. The fraction of sp³-hybridized carbons (Fsp3) is 0.600. The Morgan fingerprint density at radius 3 is 2.56 bits per heavy atom. The first-order chi connectivity index (χ1) is 12.9. The van der Waals surface area contributed by atoms with Crippen molar-refractivity contribution in [3.05, 3.63) is 24.3 Å². The molecule has 0 radical (unpaired) electrons. The second kappa shape index (κ2) is 12.6. The van der Waals surface area contributed by atoms with Gasteiger partial charge in [-0.05, 0) is 38.3 Å². The van der Waals surface area contributed by atoms with Gasteiger partial charge in [0, 0.05) is 18.3 Å². The Labute approximate surface area is 167 Å². The van der Waals surface area contributed by atoms with Gasteiger partial charge in [-0.15, -0.1) is 0 Å². The van der Waals surface area contributed by atoms with Crippen molar-refractivity contribution in [3.63, 3.8) is 0 Å². The molecule has 0 spiro atoms. The Morgan fingerprint density at radius 2 is 1.93 bits per heavy atom. The van der Waals surface area contributed by atoms with Gasteiger partial charge in [-0.1, -0.05) is 26.0 Å². The van der Waals surface area contributed by atoms with Gasteiger partial charge in [0.05, 0.1) is 25.9 Å². The molecule has 1 rings (SSSR count). The molecular formula is C20H33N3O3S. The number of ether oxygens (including phenoxy) is 1. The highest BCUT2D eigenvalue weighted by atomic mass is 32.2. The zero-order valence-corrected chi connectivity index (χ0v) is 18.0. The predicted molar refractivity (Wildman–Crippen MR) is 114 cm³/mol. The van der Waals surface area contributed by atoms with E-state index >= 15 is 0 Å². The lowest BCUT2D eigenvalue weighted by Crippen LogP contribution is -2.45. The number of para-hydroxylation sites is 2. The molecule has 2 amide bonds. The Bertz CT molecular complexity index is 598. The highest BCUT2D eigenvalue weighted by Crippen LogP contribution is 2.22. The number of hydrogen-bond donors (Lipinski definition) is 1. The summed E-state index contributed by atoms with van der Waals surface area (Å²) in [7, 11) is 3.52. The summed E-state index contributed by atoms with van der Waals surface area (Å²) >= 11 is 1.86. The lowest BCUT2D eigenvalue weighted by Gasteiger charge is -2.28. The Morgan fingerprint density at radius 1 is 1.22 bits per heavy atom. The number of methoxy groups -OCH3 is 1. The minimum Gasteiger partial charge on any atom is -0.495 e. The van der Waals surface area contributed by atoms with E-state index in [1.165, 1.54) is 0 Å². The van der Waals surface area contributed by atoms with Crippen LogP contribution in [0.5, 0.6) is 5.75 Å². The van der Waals surface area contributed by atoms with Crippen LogP contribution >= 0.6 is 11.8 Å². The molecule has 0 saturated carbocycles. The van der Waals surface area contributed by atoms with Crippen LogP contribution in [0.25, 0.3) is 0 Å². The maximum atomic E-state index is 12.7. The van der Waals surface area contributed by atoms with Crippen molar-refractivity contribution >= 4 is 29.3 Å². The molecule has 6 nitrogen and oxygen atoms in total. The number of nitrogens with one attached hydrogen (secondary N) is 1. The van der Waals surface area contributed by atoms with E-state index < -0.39 is 0 Å². The van der Waals surface area contributed by atoms with Gasteiger partial charge in [-0.3, -0.25) is 14.5 Å². The van der Waals surface area contributed by atoms with Crippen molar-refractivity contribution < 1.29 is 14.3 Å². The van der Waals surface area contributed by atoms with Crippen LogP contribution in [-0.4, -0.2) is 73.0 Å². The molecule has 0 heterocycles. The number of thioether (sulfide) groups is 1. The third kappa shape index (κ3) is 8.22. The number of rotatable bonds is 12. The quantitative estimate of drug-likeness (QED) is 0.590. The summed E-state index contributed by atoms with van der Waals surface area (Å²) in [5, 5.41) is 2.83. The summed E-state index contributed by atoms with van der Waals surface area (Å²) in [6, 6.07) is 7.55. The van der Waals surface area contributed by atoms with Gasteiger partial charge in [0.1, 0.15) is 5.75 Å². The first-order valence-electron chi connectivity index (χ1n) is 9.41. The highest BCUT2D eigenvalue weighted by molar-refractivity contribution is 7.99. The van der Waals surface area contributed by atoms with Crippen LogP contribution in [0.4, 0.5) is 5.69 Å². The van der Waals surface area contributed by atoms with E-state index in [0.29, 0.717) is 30.6 Å². The van der Waals surface area contributed by atoms with Gasteiger partial charge in [-0.25, -0.2) is 0 Å². The molecule has 0 aliphatic carbocycles. The van der Waals surface area contributed by atoms with Crippen LogP contribution in [0.15, 0.2) is 24.3 Å². The van der Waals surface area contributed by atoms with Crippen LogP contribution in [0.2, 0.25) is 0 Å². The monoisotopic (exact) mass is 395 g/mol. The van der Waals surface area contributed by atoms with Crippen molar-refractivity contribution in [1.82, 2.24) is 9.80 Å². The van der Waals surface area contributed by atoms with E-state index in [9.17, 15) is 9.59 Å². The molecule has 0 unspecified atom stereocenters. The second-order valence-corrected chi connectivity index (χ2v) is 7.81. The third-order valence-corrected chi connectivity index (χ3v) is 5.39. The minimum atomic E-state index is -0.224. The summed E-state index contributed by atoms with van der Waals surface area (Å²) in [6.45, 7) is 7.16. The van der Waals surface area contributed by atoms with E-state index in [0.717, 1.165) is 17.9 Å². The summed E-state index contributed by atoms with van der Waals surface area (Å²) in [4.78, 5) is 28.8. The molecule has 0 aliphatic heterocycles. The standard InChI is InChI=1S/C20H33N3O3S/c1-6-12-23(20(25)14-22(4)16(3)15-27-7-2)13-19(24)21-17-10-8-9-11-18(17)26-5/h8-11,16H,6-7,12-15H2,1-5H3,(H,21,24)/t16-/m1/s1. The first-order valence-corrected chi connectivity index (χ1v) is 10.6. The number of benzene rings is 1. The summed E-state index contributed by atoms with van der Waals surface area (Å²) in [6.07, 6.45) is 0.804. The Kier molecular flexibility index (Phi) is 10.9. The average molecular weight is 396 g/mol. The van der Waals surface area contributed by atoms with Gasteiger partial charge < -0.3 is 15.0 Å². The SMILES string of the molecule is CCCN(CC(=O)Nc1ccccc1OC)C(=O)CN(C)[C@H](C)CSCC. The normalized spacial score (nSPS) is 11.9. The van der Waals surface area contributed by atoms with Gasteiger partial charge in [0.2, 0.25) is 11.8 Å². The van der Waals surface area contributed by atoms with Gasteiger partial charge in [-0.2, -0.15) is 11.8 Å². The van der Waals surface area contributed by atoms with Crippen molar-refractivity contribution in [2.45, 2.75) is 33.2 Å². The zero-order chi connectivity index (χ0) is 20.2. The molecule has 7 heteroatoms. The summed E-state index contributed by atoms with van der Waals surface area (Å²) in [5.74, 6) is 2.40. The summed E-state index contributed by atoms with van der Waals surface area (Å²) in [5.41, 5.74) is 0.608. The molecule has 1 atom stereocenters. The third-order valence-electron chi connectivity index (χ3n) is 4.26. The van der Waals surface area contributed by atoms with E-state index in [1.807, 2.05) is 42.8 Å². The molecule has 0 fully saturated rings. The minimum absolute atomic E-state index is 0.0251. The maximum Gasteiger partial charge on any atom is 0.244 e. The lowest BCUT2D eigenvalue weighted by atomic mass is 10.3. The topological polar surface area (TPSA) is 61.9 Å². The highest BCUT2D eigenvalue weighted by Gasteiger charge is 2.20. The van der Waals surface area contributed by atoms with E-state index in [-0.39, 0.29) is 18.4 Å². The zero-order valence-electron chi connectivity index (χ0n) is 17.2. The predicted octanol–water partition coefficient (Wildman–Crippen LogP) is 2.95. The molecule has 0 saturated heterocycles. The Balaban J connectivity index is 2.65. The van der Waals surface area contributed by atoms with Gasteiger partial charge in [0.25, 0.3) is 0 Å². The van der Waals surface area contributed by atoms with Crippen molar-refractivity contribution in [2.24, 2.45) is 0 Å². The largest absolute Gasteiger partial charge is 0.495 e.